The van der Waals surface area contributed by atoms with Crippen molar-refractivity contribution in [1.29, 1.82) is 0 Å². The zero-order valence-electron chi connectivity index (χ0n) is 17.5. The van der Waals surface area contributed by atoms with Crippen molar-refractivity contribution in [3.05, 3.63) is 11.6 Å². The van der Waals surface area contributed by atoms with E-state index in [1.165, 1.54) is 5.57 Å². The molecule has 0 bridgehead atoms. The maximum Gasteiger partial charge on any atom is 0.394 e. The fourth-order valence-corrected chi connectivity index (χ4v) is 7.30. The molecular formula is C21H34O7S. The molecule has 0 amide bonds. The van der Waals surface area contributed by atoms with Crippen molar-refractivity contribution in [2.24, 2.45) is 28.6 Å². The van der Waals surface area contributed by atoms with Crippen molar-refractivity contribution in [2.45, 2.75) is 83.8 Å². The largest absolute Gasteiger partial charge is 0.394 e. The third kappa shape index (κ3) is 3.82. The number of allylic oxidation sites excluding steroid dienone is 1. The number of ketones is 1. The van der Waals surface area contributed by atoms with E-state index in [2.05, 4.69) is 13.8 Å². The molecule has 8 heteroatoms. The lowest BCUT2D eigenvalue weighted by molar-refractivity contribution is -0.171. The molecule has 7 atom stereocenters. The normalized spacial score (nSPS) is 45.1. The van der Waals surface area contributed by atoms with Gasteiger partial charge < -0.3 is 10.2 Å². The summed E-state index contributed by atoms with van der Waals surface area (Å²) in [4.78, 5) is 11.9. The number of rotatable bonds is 1. The van der Waals surface area contributed by atoms with Crippen LogP contribution in [-0.2, 0) is 15.2 Å². The molecule has 0 heterocycles. The molecule has 0 aromatic heterocycles. The van der Waals surface area contributed by atoms with Crippen molar-refractivity contribution in [2.75, 3.05) is 0 Å². The molecule has 166 valence electrons. The zero-order valence-corrected chi connectivity index (χ0v) is 18.3. The first-order valence-corrected chi connectivity index (χ1v) is 12.0. The number of hydrogen-bond acceptors (Lipinski definition) is 5. The lowest BCUT2D eigenvalue weighted by Crippen LogP contribution is -2.58. The average molecular weight is 431 g/mol. The Balaban J connectivity index is 0.000000431. The van der Waals surface area contributed by atoms with Crippen LogP contribution in [0, 0.1) is 28.6 Å². The van der Waals surface area contributed by atoms with E-state index < -0.39 is 22.1 Å². The third-order valence-electron chi connectivity index (χ3n) is 8.87. The van der Waals surface area contributed by atoms with Gasteiger partial charge in [0.2, 0.25) is 0 Å². The van der Waals surface area contributed by atoms with Gasteiger partial charge in [-0.2, -0.15) is 8.42 Å². The van der Waals surface area contributed by atoms with Crippen LogP contribution >= 0.6 is 0 Å². The molecular weight excluding hydrogens is 396 g/mol. The molecule has 3 saturated carbocycles. The molecule has 0 spiro atoms. The Kier molecular flexibility index (Phi) is 5.84. The minimum absolute atomic E-state index is 0.162. The predicted octanol–water partition coefficient (Wildman–Crippen LogP) is 2.98. The van der Waals surface area contributed by atoms with E-state index in [9.17, 15) is 15.0 Å². The smallest absolute Gasteiger partial charge is 0.390 e. The van der Waals surface area contributed by atoms with Gasteiger partial charge in [-0.3, -0.25) is 13.9 Å². The first kappa shape index (κ1) is 22.9. The SMILES string of the molecule is C[C@@H](O)[C@@]1(O)CC[C@H]2[C@@H]3CCC4=CC(=O)CC[C@]4(C)[C@H]3CC[C@@]21C.O=S(=O)(O)O. The van der Waals surface area contributed by atoms with E-state index in [0.29, 0.717) is 30.0 Å². The number of hydrogen-bond donors (Lipinski definition) is 4. The fraction of sp³-hybridized carbons (Fsp3) is 0.857. The number of carbonyl (C=O) groups excluding carboxylic acids is 1. The molecule has 29 heavy (non-hydrogen) atoms. The minimum atomic E-state index is -4.67. The molecule has 4 aliphatic rings. The summed E-state index contributed by atoms with van der Waals surface area (Å²) >= 11 is 0. The van der Waals surface area contributed by atoms with Crippen molar-refractivity contribution in [3.63, 3.8) is 0 Å². The van der Waals surface area contributed by atoms with E-state index in [1.807, 2.05) is 6.08 Å². The van der Waals surface area contributed by atoms with E-state index in [1.54, 1.807) is 6.92 Å². The third-order valence-corrected chi connectivity index (χ3v) is 8.87. The van der Waals surface area contributed by atoms with Crippen LogP contribution in [0.3, 0.4) is 0 Å². The molecule has 0 saturated heterocycles. The molecule has 4 N–H and O–H groups in total. The summed E-state index contributed by atoms with van der Waals surface area (Å²) in [5, 5.41) is 21.5. The van der Waals surface area contributed by atoms with E-state index >= 15 is 0 Å². The van der Waals surface area contributed by atoms with Crippen LogP contribution in [0.15, 0.2) is 11.6 Å². The Morgan fingerprint density at radius 3 is 2.21 bits per heavy atom. The molecule has 0 radical (unpaired) electrons. The number of carbonyl (C=O) groups is 1. The van der Waals surface area contributed by atoms with Gasteiger partial charge in [0, 0.05) is 11.8 Å². The maximum atomic E-state index is 11.9. The average Bonchev–Trinajstić information content (AvgIpc) is 2.87. The van der Waals surface area contributed by atoms with Crippen LogP contribution in [0.4, 0.5) is 0 Å². The summed E-state index contributed by atoms with van der Waals surface area (Å²) < 4.78 is 31.6. The minimum Gasteiger partial charge on any atom is -0.390 e. The summed E-state index contributed by atoms with van der Waals surface area (Å²) in [7, 11) is -4.67. The van der Waals surface area contributed by atoms with Crippen molar-refractivity contribution < 1.29 is 32.5 Å². The summed E-state index contributed by atoms with van der Waals surface area (Å²) in [6.07, 6.45) is 9.07. The molecule has 7 nitrogen and oxygen atoms in total. The Bertz CT molecular complexity index is 796. The first-order valence-electron chi connectivity index (χ1n) is 10.6. The van der Waals surface area contributed by atoms with Crippen LogP contribution in [0.5, 0.6) is 0 Å². The quantitative estimate of drug-likeness (QED) is 0.470. The summed E-state index contributed by atoms with van der Waals surface area (Å²) in [6, 6.07) is 0. The summed E-state index contributed by atoms with van der Waals surface area (Å²) in [6.45, 7) is 6.38. The van der Waals surface area contributed by atoms with Crippen LogP contribution in [0.1, 0.15) is 72.1 Å². The van der Waals surface area contributed by atoms with Crippen LogP contribution < -0.4 is 0 Å². The van der Waals surface area contributed by atoms with Gasteiger partial charge in [0.15, 0.2) is 5.78 Å². The molecule has 3 fully saturated rings. The number of fused-ring (bicyclic) bond motifs is 5. The monoisotopic (exact) mass is 430 g/mol. The van der Waals surface area contributed by atoms with Crippen LogP contribution in [-0.4, -0.2) is 45.2 Å². The summed E-state index contributed by atoms with van der Waals surface area (Å²) in [5.41, 5.74) is 0.489. The highest BCUT2D eigenvalue weighted by molar-refractivity contribution is 7.79. The van der Waals surface area contributed by atoms with Gasteiger partial charge in [-0.05, 0) is 81.1 Å². The van der Waals surface area contributed by atoms with E-state index in [0.717, 1.165) is 44.9 Å². The molecule has 0 aromatic rings. The van der Waals surface area contributed by atoms with Gasteiger partial charge in [0.25, 0.3) is 0 Å². The predicted molar refractivity (Wildman–Crippen MR) is 108 cm³/mol. The zero-order chi connectivity index (χ0) is 21.8. The molecule has 0 aromatic carbocycles. The van der Waals surface area contributed by atoms with Gasteiger partial charge in [0.1, 0.15) is 0 Å². The second kappa shape index (κ2) is 7.41. The number of aliphatic hydroxyl groups is 2. The molecule has 0 unspecified atom stereocenters. The van der Waals surface area contributed by atoms with Gasteiger partial charge in [0.05, 0.1) is 11.7 Å². The highest BCUT2D eigenvalue weighted by atomic mass is 32.3. The first-order chi connectivity index (χ1) is 13.2. The lowest BCUT2D eigenvalue weighted by atomic mass is 9.46. The summed E-state index contributed by atoms with van der Waals surface area (Å²) in [5.74, 6) is 2.09. The topological polar surface area (TPSA) is 132 Å². The van der Waals surface area contributed by atoms with E-state index in [4.69, 9.17) is 17.5 Å². The lowest BCUT2D eigenvalue weighted by Gasteiger charge is -2.59. The Morgan fingerprint density at radius 2 is 1.62 bits per heavy atom. The molecule has 4 rings (SSSR count). The van der Waals surface area contributed by atoms with Crippen molar-refractivity contribution in [1.82, 2.24) is 0 Å². The second-order valence-electron chi connectivity index (χ2n) is 10.0. The molecule has 0 aliphatic heterocycles. The highest BCUT2D eigenvalue weighted by Crippen LogP contribution is 2.67. The maximum absolute atomic E-state index is 11.9. The van der Waals surface area contributed by atoms with Gasteiger partial charge in [-0.15, -0.1) is 0 Å². The van der Waals surface area contributed by atoms with Gasteiger partial charge in [-0.25, -0.2) is 0 Å². The highest BCUT2D eigenvalue weighted by Gasteiger charge is 2.65. The number of aliphatic hydroxyl groups excluding tert-OH is 1. The molecule has 4 aliphatic carbocycles. The van der Waals surface area contributed by atoms with E-state index in [-0.39, 0.29) is 10.8 Å². The Labute approximate surface area is 173 Å². The Hall–Kier alpha value is -0.800. The standard InChI is InChI=1S/C21H32O3.H2O4S/c1-13(22)21(24)11-8-18-16-5-4-14-12-15(23)6-9-19(14,2)17(16)7-10-20(18,21)3;1-5(2,3)4/h12-13,16-18,22,24H,4-11H2,1-3H3;(H2,1,2,3,4)/t13-,16-,17+,18+,19+,20+,21+;/m1./s1. The van der Waals surface area contributed by atoms with Crippen molar-refractivity contribution in [3.8, 4) is 0 Å². The van der Waals surface area contributed by atoms with Crippen LogP contribution in [0.2, 0.25) is 0 Å². The van der Waals surface area contributed by atoms with Gasteiger partial charge in [-0.1, -0.05) is 19.4 Å². The van der Waals surface area contributed by atoms with Gasteiger partial charge >= 0.3 is 10.4 Å². The van der Waals surface area contributed by atoms with Crippen molar-refractivity contribution >= 4 is 16.2 Å². The fourth-order valence-electron chi connectivity index (χ4n) is 7.30. The Morgan fingerprint density at radius 1 is 1.03 bits per heavy atom. The van der Waals surface area contributed by atoms with Crippen LogP contribution in [0.25, 0.3) is 0 Å². The second-order valence-corrected chi connectivity index (χ2v) is 10.9.